The van der Waals surface area contributed by atoms with Gasteiger partial charge in [0.25, 0.3) is 0 Å². The number of H-pyrrole nitrogens is 1. The van der Waals surface area contributed by atoms with Gasteiger partial charge in [-0.25, -0.2) is 9.97 Å². The molecule has 0 unspecified atom stereocenters. The summed E-state index contributed by atoms with van der Waals surface area (Å²) in [6.45, 7) is 2.17. The first-order valence-corrected chi connectivity index (χ1v) is 12.2. The minimum atomic E-state index is 0.287. The molecule has 0 aliphatic carbocycles. The van der Waals surface area contributed by atoms with Crippen molar-refractivity contribution in [2.24, 2.45) is 5.73 Å². The van der Waals surface area contributed by atoms with Crippen molar-refractivity contribution < 1.29 is 4.52 Å². The van der Waals surface area contributed by atoms with Crippen LogP contribution in [0.2, 0.25) is 5.02 Å². The summed E-state index contributed by atoms with van der Waals surface area (Å²) in [5.74, 6) is 2.01. The third-order valence-electron chi connectivity index (χ3n) is 7.23. The minimum Gasteiger partial charge on any atom is -0.349 e. The van der Waals surface area contributed by atoms with Gasteiger partial charge in [-0.2, -0.15) is 10.1 Å². The molecule has 2 aliphatic heterocycles. The molecular formula is C24H24ClN9O. The number of nitrogens with one attached hydrogen (secondary N) is 1. The molecule has 2 aliphatic rings. The number of aryl methyl sites for hydroxylation is 1. The van der Waals surface area contributed by atoms with E-state index in [0.717, 1.165) is 51.9 Å². The molecule has 7 rings (SSSR count). The van der Waals surface area contributed by atoms with Gasteiger partial charge in [-0.05, 0) is 38.7 Å². The lowest BCUT2D eigenvalue weighted by molar-refractivity contribution is 0.363. The van der Waals surface area contributed by atoms with E-state index in [1.807, 2.05) is 30.7 Å². The summed E-state index contributed by atoms with van der Waals surface area (Å²) in [5.41, 5.74) is 10.4. The molecule has 2 bridgehead atoms. The predicted octanol–water partition coefficient (Wildman–Crippen LogP) is 3.83. The fraction of sp³-hybridized carbons (Fsp3) is 0.375. The van der Waals surface area contributed by atoms with Crippen LogP contribution in [0.1, 0.15) is 37.4 Å². The zero-order valence-corrected chi connectivity index (χ0v) is 19.9. The number of nitrogens with zero attached hydrogens (tertiary/aromatic N) is 7. The molecule has 5 aromatic rings. The molecule has 2 saturated heterocycles. The number of halogens is 1. The van der Waals surface area contributed by atoms with E-state index in [0.29, 0.717) is 35.4 Å². The summed E-state index contributed by atoms with van der Waals surface area (Å²) in [6.07, 6.45) is 10.1. The molecular weight excluding hydrogens is 466 g/mol. The molecule has 4 aromatic heterocycles. The zero-order chi connectivity index (χ0) is 23.7. The lowest BCUT2D eigenvalue weighted by Gasteiger charge is -2.38. The maximum absolute atomic E-state index is 6.88. The van der Waals surface area contributed by atoms with Crippen LogP contribution >= 0.6 is 11.6 Å². The van der Waals surface area contributed by atoms with Gasteiger partial charge in [0.2, 0.25) is 5.89 Å². The largest absolute Gasteiger partial charge is 0.349 e. The number of hydrogen-bond donors (Lipinski definition) is 2. The molecule has 2 fully saturated rings. The molecule has 0 radical (unpaired) electrons. The Morgan fingerprint density at radius 3 is 2.77 bits per heavy atom. The molecule has 11 heteroatoms. The van der Waals surface area contributed by atoms with E-state index in [1.165, 1.54) is 12.8 Å². The van der Waals surface area contributed by atoms with Crippen molar-refractivity contribution in [3.05, 3.63) is 47.5 Å². The second kappa shape index (κ2) is 7.76. The van der Waals surface area contributed by atoms with E-state index in [-0.39, 0.29) is 6.04 Å². The number of hydrogen-bond acceptors (Lipinski definition) is 8. The maximum Gasteiger partial charge on any atom is 0.248 e. The minimum absolute atomic E-state index is 0.287. The van der Waals surface area contributed by atoms with Crippen LogP contribution in [0.5, 0.6) is 0 Å². The van der Waals surface area contributed by atoms with Crippen LogP contribution in [0.3, 0.4) is 0 Å². The number of benzene rings is 1. The van der Waals surface area contributed by atoms with E-state index >= 15 is 0 Å². The third kappa shape index (κ3) is 3.39. The second-order valence-electron chi connectivity index (χ2n) is 9.57. The highest BCUT2D eigenvalue weighted by molar-refractivity contribution is 6.38. The second-order valence-corrected chi connectivity index (χ2v) is 9.95. The van der Waals surface area contributed by atoms with Crippen LogP contribution in [0, 0.1) is 6.92 Å². The molecule has 0 spiro atoms. The summed E-state index contributed by atoms with van der Waals surface area (Å²) < 4.78 is 6.97. The van der Waals surface area contributed by atoms with Crippen molar-refractivity contribution in [1.29, 1.82) is 0 Å². The zero-order valence-electron chi connectivity index (χ0n) is 19.1. The van der Waals surface area contributed by atoms with Gasteiger partial charge in [0.05, 0.1) is 16.7 Å². The number of fused-ring (bicyclic) bond motifs is 4. The van der Waals surface area contributed by atoms with Gasteiger partial charge in [0, 0.05) is 47.0 Å². The van der Waals surface area contributed by atoms with E-state index < -0.39 is 0 Å². The Morgan fingerprint density at radius 2 is 2.00 bits per heavy atom. The van der Waals surface area contributed by atoms with Crippen LogP contribution < -0.4 is 10.6 Å². The standard InChI is InChI=1S/C24H24ClN9O/c1-12-29-21(35-32-12)11-33-10-18-19(31-33)5-4-16(22(18)25)17-8-28-24-23(17)27-9-20(30-24)34-14-2-3-15(34)7-13(26)6-14/h4-5,8-10,13-15H,2-3,6-7,11,26H2,1H3,(H,28,30)/t13-,14+,15-. The third-order valence-corrected chi connectivity index (χ3v) is 7.64. The normalized spacial score (nSPS) is 22.0. The monoisotopic (exact) mass is 489 g/mol. The fourth-order valence-electron chi connectivity index (χ4n) is 5.75. The number of piperidine rings is 1. The quantitative estimate of drug-likeness (QED) is 0.390. The van der Waals surface area contributed by atoms with Gasteiger partial charge < -0.3 is 20.1 Å². The summed E-state index contributed by atoms with van der Waals surface area (Å²) in [6, 6.07) is 5.13. The van der Waals surface area contributed by atoms with Crippen molar-refractivity contribution in [3.63, 3.8) is 0 Å². The van der Waals surface area contributed by atoms with Crippen LogP contribution in [-0.4, -0.2) is 53.0 Å². The number of aromatic amines is 1. The van der Waals surface area contributed by atoms with E-state index in [9.17, 15) is 0 Å². The van der Waals surface area contributed by atoms with Gasteiger partial charge >= 0.3 is 0 Å². The lowest BCUT2D eigenvalue weighted by atomic mass is 9.98. The van der Waals surface area contributed by atoms with Crippen molar-refractivity contribution >= 4 is 39.5 Å². The van der Waals surface area contributed by atoms with Gasteiger partial charge in [-0.3, -0.25) is 4.68 Å². The van der Waals surface area contributed by atoms with Gasteiger partial charge in [-0.15, -0.1) is 0 Å². The Bertz CT molecular complexity index is 1560. The summed E-state index contributed by atoms with van der Waals surface area (Å²) in [4.78, 5) is 19.7. The van der Waals surface area contributed by atoms with Crippen molar-refractivity contribution in [3.8, 4) is 11.1 Å². The molecule has 3 N–H and O–H groups in total. The topological polar surface area (TPSA) is 128 Å². The first kappa shape index (κ1) is 20.8. The average molecular weight is 490 g/mol. The Labute approximate surface area is 205 Å². The van der Waals surface area contributed by atoms with E-state index in [2.05, 4.69) is 25.1 Å². The number of anilines is 1. The molecule has 10 nitrogen and oxygen atoms in total. The Hall–Kier alpha value is -3.50. The first-order chi connectivity index (χ1) is 17.0. The SMILES string of the molecule is Cc1noc(Cn2cc3c(Cl)c(-c4c[nH]c5nc(N6[C@@H]7CC[C@H]6C[C@@H](N)C7)cnc45)ccc3n2)n1. The molecule has 1 aromatic carbocycles. The fourth-order valence-corrected chi connectivity index (χ4v) is 6.06. The molecule has 0 amide bonds. The summed E-state index contributed by atoms with van der Waals surface area (Å²) in [7, 11) is 0. The van der Waals surface area contributed by atoms with E-state index in [4.69, 9.17) is 31.8 Å². The number of rotatable bonds is 4. The first-order valence-electron chi connectivity index (χ1n) is 11.9. The Balaban J connectivity index is 1.23. The van der Waals surface area contributed by atoms with Crippen LogP contribution in [0.15, 0.2) is 35.2 Å². The summed E-state index contributed by atoms with van der Waals surface area (Å²) in [5, 5.41) is 9.90. The van der Waals surface area contributed by atoms with E-state index in [1.54, 1.807) is 11.6 Å². The average Bonchev–Trinajstić information content (AvgIpc) is 3.60. The number of nitrogens with two attached hydrogens (primary N) is 1. The van der Waals surface area contributed by atoms with Crippen molar-refractivity contribution in [2.45, 2.75) is 57.3 Å². The molecule has 6 heterocycles. The van der Waals surface area contributed by atoms with Crippen molar-refractivity contribution in [1.82, 2.24) is 34.9 Å². The maximum atomic E-state index is 6.88. The molecule has 3 atom stereocenters. The van der Waals surface area contributed by atoms with Crippen molar-refractivity contribution in [2.75, 3.05) is 4.90 Å². The van der Waals surface area contributed by atoms with Crippen LogP contribution in [0.4, 0.5) is 5.82 Å². The highest BCUT2D eigenvalue weighted by atomic mass is 35.5. The molecule has 178 valence electrons. The number of aromatic nitrogens is 7. The molecule has 35 heavy (non-hydrogen) atoms. The molecule has 0 saturated carbocycles. The summed E-state index contributed by atoms with van der Waals surface area (Å²) >= 11 is 6.88. The predicted molar refractivity (Wildman–Crippen MR) is 132 cm³/mol. The van der Waals surface area contributed by atoms with Gasteiger partial charge in [0.1, 0.15) is 17.9 Å². The Morgan fingerprint density at radius 1 is 1.17 bits per heavy atom. The highest BCUT2D eigenvalue weighted by Gasteiger charge is 2.40. The highest BCUT2D eigenvalue weighted by Crippen LogP contribution is 2.40. The van der Waals surface area contributed by atoms with Crippen LogP contribution in [-0.2, 0) is 6.54 Å². The van der Waals surface area contributed by atoms with Gasteiger partial charge in [0.15, 0.2) is 11.5 Å². The smallest absolute Gasteiger partial charge is 0.248 e. The van der Waals surface area contributed by atoms with Gasteiger partial charge in [-0.1, -0.05) is 22.8 Å². The lowest BCUT2D eigenvalue weighted by Crippen LogP contribution is -2.47. The Kier molecular flexibility index (Phi) is 4.62. The van der Waals surface area contributed by atoms with Crippen LogP contribution in [0.25, 0.3) is 33.2 Å².